The fraction of sp³-hybridized carbons (Fsp3) is 0.333. The minimum absolute atomic E-state index is 0.0582. The van der Waals surface area contributed by atoms with Gasteiger partial charge < -0.3 is 19.1 Å². The van der Waals surface area contributed by atoms with Crippen molar-refractivity contribution in [2.75, 3.05) is 27.0 Å². The lowest BCUT2D eigenvalue weighted by molar-refractivity contribution is -0.145. The molecule has 21 heavy (non-hydrogen) atoms. The third kappa shape index (κ3) is 3.75. The molecule has 1 aliphatic heterocycles. The van der Waals surface area contributed by atoms with Crippen LogP contribution in [0, 0.1) is 0 Å². The van der Waals surface area contributed by atoms with E-state index in [2.05, 4.69) is 4.74 Å². The maximum absolute atomic E-state index is 12.0. The molecule has 1 aromatic carbocycles. The van der Waals surface area contributed by atoms with Crippen molar-refractivity contribution in [1.82, 2.24) is 4.90 Å². The number of ether oxygens (including phenoxy) is 3. The zero-order valence-corrected chi connectivity index (χ0v) is 12.0. The van der Waals surface area contributed by atoms with Crippen LogP contribution >= 0.6 is 0 Å². The van der Waals surface area contributed by atoms with Gasteiger partial charge in [0.15, 0.2) is 11.5 Å². The van der Waals surface area contributed by atoms with Gasteiger partial charge in [-0.2, -0.15) is 0 Å². The number of nitrogens with zero attached hydrogens (tertiary/aromatic N) is 1. The molecule has 2 rings (SSSR count). The third-order valence-electron chi connectivity index (χ3n) is 3.06. The zero-order valence-electron chi connectivity index (χ0n) is 12.0. The highest BCUT2D eigenvalue weighted by Crippen LogP contribution is 2.32. The monoisotopic (exact) mass is 291 g/mol. The van der Waals surface area contributed by atoms with Gasteiger partial charge in [-0.05, 0) is 30.7 Å². The Labute approximate surface area is 122 Å². The first-order valence-corrected chi connectivity index (χ1v) is 6.57. The normalized spacial score (nSPS) is 12.5. The minimum atomic E-state index is -0.443. The molecule has 0 aromatic heterocycles. The summed E-state index contributed by atoms with van der Waals surface area (Å²) in [6, 6.07) is 5.41. The molecule has 0 bridgehead atoms. The molecule has 1 amide bonds. The van der Waals surface area contributed by atoms with E-state index in [0.29, 0.717) is 18.0 Å². The Kier molecular flexibility index (Phi) is 4.81. The SMILES string of the molecule is CCN(CC(=O)OC)C(=O)C=Cc1ccc2c(c1)OCO2. The van der Waals surface area contributed by atoms with Crippen LogP contribution in [-0.2, 0) is 14.3 Å². The largest absolute Gasteiger partial charge is 0.468 e. The summed E-state index contributed by atoms with van der Waals surface area (Å²) in [4.78, 5) is 24.6. The average molecular weight is 291 g/mol. The van der Waals surface area contributed by atoms with E-state index >= 15 is 0 Å². The van der Waals surface area contributed by atoms with E-state index in [4.69, 9.17) is 9.47 Å². The molecule has 0 saturated heterocycles. The molecule has 6 nitrogen and oxygen atoms in total. The lowest BCUT2D eigenvalue weighted by atomic mass is 10.2. The smallest absolute Gasteiger partial charge is 0.325 e. The summed E-state index contributed by atoms with van der Waals surface area (Å²) in [6.45, 7) is 2.39. The fourth-order valence-electron chi connectivity index (χ4n) is 1.86. The standard InChI is InChI=1S/C15H17NO5/c1-3-16(9-15(18)19-2)14(17)7-5-11-4-6-12-13(8-11)21-10-20-12/h4-8H,3,9-10H2,1-2H3. The third-order valence-corrected chi connectivity index (χ3v) is 3.06. The highest BCUT2D eigenvalue weighted by Gasteiger charge is 2.14. The van der Waals surface area contributed by atoms with Gasteiger partial charge in [-0.1, -0.05) is 6.07 Å². The second-order valence-corrected chi connectivity index (χ2v) is 4.37. The molecule has 0 aliphatic carbocycles. The van der Waals surface area contributed by atoms with Gasteiger partial charge in [0.1, 0.15) is 6.54 Å². The van der Waals surface area contributed by atoms with Crippen LogP contribution in [0.25, 0.3) is 6.08 Å². The summed E-state index contributed by atoms with van der Waals surface area (Å²) in [6.07, 6.45) is 3.09. The van der Waals surface area contributed by atoms with E-state index in [1.807, 2.05) is 6.07 Å². The first-order chi connectivity index (χ1) is 10.1. The van der Waals surface area contributed by atoms with Gasteiger partial charge in [0.05, 0.1) is 7.11 Å². The minimum Gasteiger partial charge on any atom is -0.468 e. The van der Waals surface area contributed by atoms with Gasteiger partial charge in [-0.3, -0.25) is 9.59 Å². The lowest BCUT2D eigenvalue weighted by Crippen LogP contribution is -2.34. The summed E-state index contributed by atoms with van der Waals surface area (Å²) in [5.41, 5.74) is 0.821. The van der Waals surface area contributed by atoms with E-state index in [1.54, 1.807) is 25.1 Å². The van der Waals surface area contributed by atoms with Gasteiger partial charge >= 0.3 is 5.97 Å². The molecular weight excluding hydrogens is 274 g/mol. The van der Waals surface area contributed by atoms with Crippen LogP contribution in [0.15, 0.2) is 24.3 Å². The van der Waals surface area contributed by atoms with E-state index in [-0.39, 0.29) is 19.2 Å². The predicted molar refractivity (Wildman–Crippen MR) is 75.9 cm³/mol. The molecule has 1 aromatic rings. The Morgan fingerprint density at radius 1 is 1.33 bits per heavy atom. The number of carbonyl (C=O) groups excluding carboxylic acids is 2. The van der Waals surface area contributed by atoms with Crippen molar-refractivity contribution in [2.45, 2.75) is 6.92 Å². The van der Waals surface area contributed by atoms with Crippen molar-refractivity contribution in [3.05, 3.63) is 29.8 Å². The Bertz CT molecular complexity index is 567. The van der Waals surface area contributed by atoms with E-state index in [1.165, 1.54) is 18.1 Å². The van der Waals surface area contributed by atoms with Crippen molar-refractivity contribution >= 4 is 18.0 Å². The first-order valence-electron chi connectivity index (χ1n) is 6.57. The predicted octanol–water partition coefficient (Wildman–Crippen LogP) is 1.45. The summed E-state index contributed by atoms with van der Waals surface area (Å²) in [7, 11) is 1.29. The Hall–Kier alpha value is -2.50. The number of benzene rings is 1. The number of hydrogen-bond acceptors (Lipinski definition) is 5. The molecule has 6 heteroatoms. The maximum Gasteiger partial charge on any atom is 0.325 e. The van der Waals surface area contributed by atoms with Crippen LogP contribution in [-0.4, -0.2) is 43.8 Å². The average Bonchev–Trinajstić information content (AvgIpc) is 2.97. The summed E-state index contributed by atoms with van der Waals surface area (Å²) >= 11 is 0. The summed E-state index contributed by atoms with van der Waals surface area (Å²) in [5, 5.41) is 0. The van der Waals surface area contributed by atoms with Crippen LogP contribution in [0.1, 0.15) is 12.5 Å². The molecule has 0 spiro atoms. The summed E-state index contributed by atoms with van der Waals surface area (Å²) < 4.78 is 15.0. The van der Waals surface area contributed by atoms with Crippen LogP contribution < -0.4 is 9.47 Å². The molecule has 0 fully saturated rings. The molecule has 0 unspecified atom stereocenters. The van der Waals surface area contributed by atoms with Crippen molar-refractivity contribution in [3.8, 4) is 11.5 Å². The van der Waals surface area contributed by atoms with Crippen molar-refractivity contribution in [2.24, 2.45) is 0 Å². The van der Waals surface area contributed by atoms with Gasteiger partial charge in [0.25, 0.3) is 0 Å². The van der Waals surface area contributed by atoms with Gasteiger partial charge in [0, 0.05) is 12.6 Å². The molecule has 112 valence electrons. The number of amides is 1. The number of rotatable bonds is 5. The number of methoxy groups -OCH3 is 1. The molecule has 0 saturated carbocycles. The van der Waals surface area contributed by atoms with Crippen molar-refractivity contribution in [1.29, 1.82) is 0 Å². The Balaban J connectivity index is 2.02. The number of hydrogen-bond donors (Lipinski definition) is 0. The molecule has 1 heterocycles. The van der Waals surface area contributed by atoms with Crippen LogP contribution in [0.3, 0.4) is 0 Å². The Morgan fingerprint density at radius 3 is 2.81 bits per heavy atom. The molecule has 0 N–H and O–H groups in total. The number of likely N-dealkylation sites (N-methyl/N-ethyl adjacent to an activating group) is 1. The second-order valence-electron chi connectivity index (χ2n) is 4.37. The topological polar surface area (TPSA) is 65.1 Å². The fourth-order valence-corrected chi connectivity index (χ4v) is 1.86. The van der Waals surface area contributed by atoms with Crippen LogP contribution in [0.4, 0.5) is 0 Å². The lowest BCUT2D eigenvalue weighted by Gasteiger charge is -2.17. The second kappa shape index (κ2) is 6.78. The van der Waals surface area contributed by atoms with Crippen LogP contribution in [0.2, 0.25) is 0 Å². The highest BCUT2D eigenvalue weighted by molar-refractivity contribution is 5.93. The van der Waals surface area contributed by atoms with Crippen molar-refractivity contribution in [3.63, 3.8) is 0 Å². The molecule has 0 atom stereocenters. The maximum atomic E-state index is 12.0. The van der Waals surface area contributed by atoms with Crippen molar-refractivity contribution < 1.29 is 23.8 Å². The molecular formula is C15H17NO5. The van der Waals surface area contributed by atoms with E-state index < -0.39 is 5.97 Å². The van der Waals surface area contributed by atoms with Gasteiger partial charge in [-0.15, -0.1) is 0 Å². The van der Waals surface area contributed by atoms with Gasteiger partial charge in [-0.25, -0.2) is 0 Å². The zero-order chi connectivity index (χ0) is 15.2. The van der Waals surface area contributed by atoms with Crippen LogP contribution in [0.5, 0.6) is 11.5 Å². The molecule has 0 radical (unpaired) electrons. The van der Waals surface area contributed by atoms with E-state index in [9.17, 15) is 9.59 Å². The number of esters is 1. The highest BCUT2D eigenvalue weighted by atomic mass is 16.7. The number of carbonyl (C=O) groups is 2. The first kappa shape index (κ1) is 14.9. The number of fused-ring (bicyclic) bond motifs is 1. The van der Waals surface area contributed by atoms with E-state index in [0.717, 1.165) is 5.56 Å². The quantitative estimate of drug-likeness (QED) is 0.607. The van der Waals surface area contributed by atoms with Gasteiger partial charge in [0.2, 0.25) is 12.7 Å². The Morgan fingerprint density at radius 2 is 2.10 bits per heavy atom. The molecule has 1 aliphatic rings. The summed E-state index contributed by atoms with van der Waals surface area (Å²) in [5.74, 6) is 0.660.